The van der Waals surface area contributed by atoms with Crippen LogP contribution in [0.15, 0.2) is 30.3 Å². The van der Waals surface area contributed by atoms with Crippen molar-refractivity contribution in [1.82, 2.24) is 0 Å². The van der Waals surface area contributed by atoms with Crippen molar-refractivity contribution in [1.29, 1.82) is 0 Å². The van der Waals surface area contributed by atoms with E-state index >= 15 is 0 Å². The SMILES string of the molecule is CC(C)(C)OC(=O)C(Nc1ccccc1)C(=O)O. The van der Waals surface area contributed by atoms with Crippen LogP contribution in [0, 0.1) is 0 Å². The molecule has 1 atom stereocenters. The van der Waals surface area contributed by atoms with Crippen LogP contribution in [0.1, 0.15) is 20.8 Å². The molecular weight excluding hydrogens is 234 g/mol. The van der Waals surface area contributed by atoms with E-state index in [0.29, 0.717) is 5.69 Å². The van der Waals surface area contributed by atoms with E-state index in [9.17, 15) is 9.59 Å². The van der Waals surface area contributed by atoms with Crippen LogP contribution in [0.4, 0.5) is 5.69 Å². The second kappa shape index (κ2) is 5.53. The molecule has 98 valence electrons. The third kappa shape index (κ3) is 4.45. The molecule has 2 N–H and O–H groups in total. The minimum Gasteiger partial charge on any atom is -0.479 e. The Labute approximate surface area is 106 Å². The predicted molar refractivity (Wildman–Crippen MR) is 67.3 cm³/mol. The molecule has 0 aliphatic rings. The standard InChI is InChI=1S/C13H17NO4/c1-13(2,3)18-12(17)10(11(15)16)14-9-7-5-4-6-8-9/h4-8,10,14H,1-3H3,(H,15,16). The largest absolute Gasteiger partial charge is 0.479 e. The molecule has 0 aliphatic heterocycles. The van der Waals surface area contributed by atoms with Gasteiger partial charge in [-0.25, -0.2) is 9.59 Å². The summed E-state index contributed by atoms with van der Waals surface area (Å²) in [5.74, 6) is -2.08. The van der Waals surface area contributed by atoms with Gasteiger partial charge in [0.2, 0.25) is 6.04 Å². The fourth-order valence-electron chi connectivity index (χ4n) is 1.28. The highest BCUT2D eigenvalue weighted by atomic mass is 16.6. The summed E-state index contributed by atoms with van der Waals surface area (Å²) in [6, 6.07) is 7.24. The first-order valence-electron chi connectivity index (χ1n) is 5.57. The quantitative estimate of drug-likeness (QED) is 0.631. The minimum atomic E-state index is -1.41. The maximum atomic E-state index is 11.7. The Morgan fingerprint density at radius 2 is 1.78 bits per heavy atom. The van der Waals surface area contributed by atoms with E-state index < -0.39 is 23.6 Å². The molecule has 18 heavy (non-hydrogen) atoms. The number of carbonyl (C=O) groups is 2. The third-order valence-electron chi connectivity index (χ3n) is 1.97. The van der Waals surface area contributed by atoms with Gasteiger partial charge in [0, 0.05) is 5.69 Å². The van der Waals surface area contributed by atoms with Crippen molar-refractivity contribution < 1.29 is 19.4 Å². The summed E-state index contributed by atoms with van der Waals surface area (Å²) in [6.07, 6.45) is 0. The van der Waals surface area contributed by atoms with Crippen LogP contribution < -0.4 is 5.32 Å². The van der Waals surface area contributed by atoms with Crippen molar-refractivity contribution in [2.24, 2.45) is 0 Å². The normalized spacial score (nSPS) is 12.6. The van der Waals surface area contributed by atoms with Crippen LogP contribution >= 0.6 is 0 Å². The van der Waals surface area contributed by atoms with Gasteiger partial charge in [0.1, 0.15) is 5.60 Å². The molecule has 5 heteroatoms. The Balaban J connectivity index is 2.78. The molecule has 0 saturated carbocycles. The first-order valence-corrected chi connectivity index (χ1v) is 5.57. The lowest BCUT2D eigenvalue weighted by atomic mass is 10.2. The zero-order valence-electron chi connectivity index (χ0n) is 10.6. The molecule has 1 aromatic rings. The van der Waals surface area contributed by atoms with Crippen molar-refractivity contribution in [3.63, 3.8) is 0 Å². The molecule has 0 saturated heterocycles. The Morgan fingerprint density at radius 1 is 1.22 bits per heavy atom. The number of carboxylic acid groups (broad SMARTS) is 1. The molecule has 5 nitrogen and oxygen atoms in total. The summed E-state index contributed by atoms with van der Waals surface area (Å²) in [4.78, 5) is 22.8. The Kier molecular flexibility index (Phi) is 4.31. The molecule has 0 bridgehead atoms. The van der Waals surface area contributed by atoms with Gasteiger partial charge in [-0.2, -0.15) is 0 Å². The maximum absolute atomic E-state index is 11.7. The lowest BCUT2D eigenvalue weighted by molar-refractivity contribution is -0.160. The molecule has 1 rings (SSSR count). The Bertz CT molecular complexity index is 422. The van der Waals surface area contributed by atoms with Crippen molar-refractivity contribution >= 4 is 17.6 Å². The molecule has 1 aromatic carbocycles. The summed E-state index contributed by atoms with van der Waals surface area (Å²) >= 11 is 0. The third-order valence-corrected chi connectivity index (χ3v) is 1.97. The highest BCUT2D eigenvalue weighted by molar-refractivity contribution is 6.01. The van der Waals surface area contributed by atoms with E-state index in [2.05, 4.69) is 5.32 Å². The molecule has 0 spiro atoms. The van der Waals surface area contributed by atoms with E-state index in [1.54, 1.807) is 51.1 Å². The number of aliphatic carboxylic acids is 1. The van der Waals surface area contributed by atoms with Gasteiger partial charge in [-0.05, 0) is 32.9 Å². The number of carbonyl (C=O) groups excluding carboxylic acids is 1. The number of ether oxygens (including phenoxy) is 1. The Hall–Kier alpha value is -2.04. The number of benzene rings is 1. The van der Waals surface area contributed by atoms with Crippen molar-refractivity contribution in [3.8, 4) is 0 Å². The van der Waals surface area contributed by atoms with Gasteiger partial charge in [-0.15, -0.1) is 0 Å². The van der Waals surface area contributed by atoms with Gasteiger partial charge in [0.15, 0.2) is 0 Å². The lowest BCUT2D eigenvalue weighted by Crippen LogP contribution is -2.42. The number of rotatable bonds is 4. The van der Waals surface area contributed by atoms with E-state index in [0.717, 1.165) is 0 Å². The molecule has 0 aliphatic carbocycles. The lowest BCUT2D eigenvalue weighted by Gasteiger charge is -2.23. The molecule has 0 amide bonds. The van der Waals surface area contributed by atoms with Crippen LogP contribution in [0.5, 0.6) is 0 Å². The minimum absolute atomic E-state index is 0.552. The molecule has 0 aromatic heterocycles. The van der Waals surface area contributed by atoms with E-state index in [1.807, 2.05) is 0 Å². The van der Waals surface area contributed by atoms with Crippen molar-refractivity contribution in [2.75, 3.05) is 5.32 Å². The second-order valence-corrected chi connectivity index (χ2v) is 4.82. The van der Waals surface area contributed by atoms with Gasteiger partial charge in [0.05, 0.1) is 0 Å². The van der Waals surface area contributed by atoms with Crippen molar-refractivity contribution in [3.05, 3.63) is 30.3 Å². The number of nitrogens with one attached hydrogen (secondary N) is 1. The topological polar surface area (TPSA) is 75.6 Å². The Morgan fingerprint density at radius 3 is 2.22 bits per heavy atom. The van der Waals surface area contributed by atoms with Crippen LogP contribution in [-0.4, -0.2) is 28.7 Å². The summed E-state index contributed by atoms with van der Waals surface area (Å²) in [5.41, 5.74) is -0.167. The maximum Gasteiger partial charge on any atom is 0.340 e. The average molecular weight is 251 g/mol. The monoisotopic (exact) mass is 251 g/mol. The molecule has 0 radical (unpaired) electrons. The van der Waals surface area contributed by atoms with Crippen LogP contribution in [0.25, 0.3) is 0 Å². The van der Waals surface area contributed by atoms with Gasteiger partial charge in [0.25, 0.3) is 0 Å². The molecule has 0 fully saturated rings. The first kappa shape index (κ1) is 14.0. The fourth-order valence-corrected chi connectivity index (χ4v) is 1.28. The van der Waals surface area contributed by atoms with Crippen LogP contribution in [0.3, 0.4) is 0 Å². The zero-order chi connectivity index (χ0) is 13.8. The molecular formula is C13H17NO4. The van der Waals surface area contributed by atoms with E-state index in [4.69, 9.17) is 9.84 Å². The van der Waals surface area contributed by atoms with Gasteiger partial charge in [-0.1, -0.05) is 18.2 Å². The first-order chi connectivity index (χ1) is 8.29. The summed E-state index contributed by atoms with van der Waals surface area (Å²) < 4.78 is 5.05. The smallest absolute Gasteiger partial charge is 0.340 e. The number of carboxylic acids is 1. The van der Waals surface area contributed by atoms with Crippen LogP contribution in [-0.2, 0) is 14.3 Å². The van der Waals surface area contributed by atoms with E-state index in [-0.39, 0.29) is 0 Å². The number of para-hydroxylation sites is 1. The number of anilines is 1. The van der Waals surface area contributed by atoms with Crippen LogP contribution in [0.2, 0.25) is 0 Å². The number of hydrogen-bond acceptors (Lipinski definition) is 4. The van der Waals surface area contributed by atoms with Gasteiger partial charge >= 0.3 is 11.9 Å². The van der Waals surface area contributed by atoms with Gasteiger partial charge in [-0.3, -0.25) is 0 Å². The summed E-state index contributed by atoms with van der Waals surface area (Å²) in [6.45, 7) is 5.06. The summed E-state index contributed by atoms with van der Waals surface area (Å²) in [5, 5.41) is 11.7. The fraction of sp³-hybridized carbons (Fsp3) is 0.385. The second-order valence-electron chi connectivity index (χ2n) is 4.82. The average Bonchev–Trinajstić information content (AvgIpc) is 2.24. The number of esters is 1. The van der Waals surface area contributed by atoms with E-state index in [1.165, 1.54) is 0 Å². The molecule has 1 unspecified atom stereocenters. The summed E-state index contributed by atoms with van der Waals surface area (Å²) in [7, 11) is 0. The number of hydrogen-bond donors (Lipinski definition) is 2. The highest BCUT2D eigenvalue weighted by Crippen LogP contribution is 2.12. The van der Waals surface area contributed by atoms with Gasteiger partial charge < -0.3 is 15.2 Å². The van der Waals surface area contributed by atoms with Crippen molar-refractivity contribution in [2.45, 2.75) is 32.4 Å². The molecule has 0 heterocycles. The zero-order valence-corrected chi connectivity index (χ0v) is 10.6. The predicted octanol–water partition coefficient (Wildman–Crippen LogP) is 1.89. The highest BCUT2D eigenvalue weighted by Gasteiger charge is 2.30.